The molecule has 2 rings (SSSR count). The first-order chi connectivity index (χ1) is 6.44. The summed E-state index contributed by atoms with van der Waals surface area (Å²) in [6.45, 7) is 0. The summed E-state index contributed by atoms with van der Waals surface area (Å²) < 4.78 is 27.0. The molecule has 0 bridgehead atoms. The third kappa shape index (κ3) is 1.37. The lowest BCUT2D eigenvalue weighted by Gasteiger charge is -2.28. The van der Waals surface area contributed by atoms with Gasteiger partial charge in [-0.2, -0.15) is 0 Å². The Morgan fingerprint density at radius 2 is 1.79 bits per heavy atom. The van der Waals surface area contributed by atoms with E-state index in [1.807, 2.05) is 5.32 Å². The maximum absolute atomic E-state index is 11.3. The van der Waals surface area contributed by atoms with E-state index >= 15 is 0 Å². The van der Waals surface area contributed by atoms with Gasteiger partial charge in [-0.3, -0.25) is 10.1 Å². The Labute approximate surface area is 80.5 Å². The standard InChI is InChI=1S/C7H9NO5S/c9-5-7(13-6(10)8-5)1-3-14(11,12)4-2-7/h1-4H2,(H,8,9,10). The molecular weight excluding hydrogens is 210 g/mol. The molecule has 1 spiro atoms. The van der Waals surface area contributed by atoms with Gasteiger partial charge in [-0.15, -0.1) is 0 Å². The number of rotatable bonds is 0. The molecule has 2 amide bonds. The molecule has 7 heteroatoms. The molecule has 1 N–H and O–H groups in total. The van der Waals surface area contributed by atoms with Crippen LogP contribution in [0.2, 0.25) is 0 Å². The second kappa shape index (κ2) is 2.69. The molecule has 78 valence electrons. The van der Waals surface area contributed by atoms with E-state index in [-0.39, 0.29) is 24.3 Å². The molecule has 0 aromatic carbocycles. The molecular formula is C7H9NO5S. The average molecular weight is 219 g/mol. The Kier molecular flexibility index (Phi) is 1.82. The summed E-state index contributed by atoms with van der Waals surface area (Å²) in [5.74, 6) is -0.723. The largest absolute Gasteiger partial charge is 0.432 e. The monoisotopic (exact) mass is 219 g/mol. The summed E-state index contributed by atoms with van der Waals surface area (Å²) in [5, 5.41) is 2.01. The molecule has 0 saturated carbocycles. The van der Waals surface area contributed by atoms with E-state index in [9.17, 15) is 18.0 Å². The highest BCUT2D eigenvalue weighted by Crippen LogP contribution is 2.31. The van der Waals surface area contributed by atoms with Crippen LogP contribution in [0.5, 0.6) is 0 Å². The fourth-order valence-electron chi connectivity index (χ4n) is 1.65. The molecule has 2 fully saturated rings. The Hall–Kier alpha value is -1.11. The van der Waals surface area contributed by atoms with Crippen molar-refractivity contribution in [1.29, 1.82) is 0 Å². The first-order valence-electron chi connectivity index (χ1n) is 4.18. The van der Waals surface area contributed by atoms with Crippen LogP contribution in [-0.4, -0.2) is 37.5 Å². The summed E-state index contributed by atoms with van der Waals surface area (Å²) >= 11 is 0. The molecule has 0 aromatic heterocycles. The molecule has 0 aromatic rings. The number of imide groups is 1. The van der Waals surface area contributed by atoms with Crippen molar-refractivity contribution in [2.75, 3.05) is 11.5 Å². The van der Waals surface area contributed by atoms with E-state index < -0.39 is 27.4 Å². The van der Waals surface area contributed by atoms with Gasteiger partial charge in [0.05, 0.1) is 11.5 Å². The Morgan fingerprint density at radius 3 is 2.21 bits per heavy atom. The van der Waals surface area contributed by atoms with Gasteiger partial charge in [0.15, 0.2) is 15.4 Å². The fraction of sp³-hybridized carbons (Fsp3) is 0.714. The molecule has 2 saturated heterocycles. The Balaban J connectivity index is 2.21. The predicted octanol–water partition coefficient (Wildman–Crippen LogP) is -0.800. The summed E-state index contributed by atoms with van der Waals surface area (Å²) in [6.07, 6.45) is -0.658. The SMILES string of the molecule is O=C1NC(=O)C2(CCS(=O)(=O)CC2)O1. The minimum atomic E-state index is -3.06. The molecule has 0 radical (unpaired) electrons. The number of amides is 2. The van der Waals surface area contributed by atoms with Crippen molar-refractivity contribution in [3.05, 3.63) is 0 Å². The van der Waals surface area contributed by atoms with Crippen LogP contribution >= 0.6 is 0 Å². The number of ether oxygens (including phenoxy) is 1. The predicted molar refractivity (Wildman–Crippen MR) is 45.2 cm³/mol. The molecule has 0 aliphatic carbocycles. The van der Waals surface area contributed by atoms with Crippen molar-refractivity contribution in [2.24, 2.45) is 0 Å². The number of hydrogen-bond acceptors (Lipinski definition) is 5. The van der Waals surface area contributed by atoms with Gasteiger partial charge in [0.2, 0.25) is 0 Å². The lowest BCUT2D eigenvalue weighted by Crippen LogP contribution is -2.46. The van der Waals surface area contributed by atoms with E-state index in [0.717, 1.165) is 0 Å². The average Bonchev–Trinajstić information content (AvgIpc) is 2.35. The lowest BCUT2D eigenvalue weighted by atomic mass is 9.96. The number of carbonyl (C=O) groups excluding carboxylic acids is 2. The van der Waals surface area contributed by atoms with E-state index in [2.05, 4.69) is 0 Å². The summed E-state index contributed by atoms with van der Waals surface area (Å²) in [5.41, 5.74) is -1.22. The van der Waals surface area contributed by atoms with Gasteiger partial charge in [-0.25, -0.2) is 13.2 Å². The number of alkyl carbamates (subject to hydrolysis) is 1. The van der Waals surface area contributed by atoms with E-state index in [4.69, 9.17) is 4.74 Å². The van der Waals surface area contributed by atoms with Crippen molar-refractivity contribution in [2.45, 2.75) is 18.4 Å². The summed E-state index contributed by atoms with van der Waals surface area (Å²) in [7, 11) is -3.06. The van der Waals surface area contributed by atoms with Crippen LogP contribution in [0.4, 0.5) is 4.79 Å². The van der Waals surface area contributed by atoms with E-state index in [0.29, 0.717) is 0 Å². The number of hydrogen-bond donors (Lipinski definition) is 1. The van der Waals surface area contributed by atoms with Crippen molar-refractivity contribution < 1.29 is 22.7 Å². The fourth-order valence-corrected chi connectivity index (χ4v) is 3.14. The second-order valence-electron chi connectivity index (χ2n) is 3.49. The summed E-state index contributed by atoms with van der Waals surface area (Å²) in [4.78, 5) is 22.1. The second-order valence-corrected chi connectivity index (χ2v) is 5.79. The highest BCUT2D eigenvalue weighted by Gasteiger charge is 2.51. The van der Waals surface area contributed by atoms with Crippen molar-refractivity contribution in [1.82, 2.24) is 5.32 Å². The quantitative estimate of drug-likeness (QED) is 0.576. The minimum Gasteiger partial charge on any atom is -0.432 e. The van der Waals surface area contributed by atoms with Crippen LogP contribution in [0, 0.1) is 0 Å². The first-order valence-corrected chi connectivity index (χ1v) is 6.01. The third-order valence-electron chi connectivity index (χ3n) is 2.55. The number of sulfone groups is 1. The van der Waals surface area contributed by atoms with Crippen LogP contribution in [0.25, 0.3) is 0 Å². The highest BCUT2D eigenvalue weighted by atomic mass is 32.2. The van der Waals surface area contributed by atoms with Gasteiger partial charge < -0.3 is 4.74 Å². The van der Waals surface area contributed by atoms with Gasteiger partial charge in [0.1, 0.15) is 0 Å². The zero-order valence-electron chi connectivity index (χ0n) is 7.28. The maximum Gasteiger partial charge on any atom is 0.415 e. The topological polar surface area (TPSA) is 89.5 Å². The molecule has 0 unspecified atom stereocenters. The zero-order valence-corrected chi connectivity index (χ0v) is 8.09. The van der Waals surface area contributed by atoms with Crippen molar-refractivity contribution in [3.8, 4) is 0 Å². The molecule has 2 aliphatic heterocycles. The van der Waals surface area contributed by atoms with Gasteiger partial charge >= 0.3 is 6.09 Å². The highest BCUT2D eigenvalue weighted by molar-refractivity contribution is 7.91. The molecule has 6 nitrogen and oxygen atoms in total. The molecule has 0 atom stereocenters. The zero-order chi connectivity index (χ0) is 10.4. The molecule has 2 aliphatic rings. The van der Waals surface area contributed by atoms with Crippen LogP contribution in [0.15, 0.2) is 0 Å². The normalized spacial score (nSPS) is 28.6. The van der Waals surface area contributed by atoms with Gasteiger partial charge in [-0.05, 0) is 0 Å². The van der Waals surface area contributed by atoms with Crippen LogP contribution in [-0.2, 0) is 19.4 Å². The third-order valence-corrected chi connectivity index (χ3v) is 4.20. The van der Waals surface area contributed by atoms with Crippen molar-refractivity contribution >= 4 is 21.8 Å². The van der Waals surface area contributed by atoms with Gasteiger partial charge in [0, 0.05) is 12.8 Å². The van der Waals surface area contributed by atoms with Gasteiger partial charge in [-0.1, -0.05) is 0 Å². The van der Waals surface area contributed by atoms with Crippen LogP contribution in [0.3, 0.4) is 0 Å². The number of carbonyl (C=O) groups is 2. The molecule has 14 heavy (non-hydrogen) atoms. The van der Waals surface area contributed by atoms with Crippen LogP contribution in [0.1, 0.15) is 12.8 Å². The van der Waals surface area contributed by atoms with E-state index in [1.54, 1.807) is 0 Å². The first kappa shape index (κ1) is 9.45. The minimum absolute atomic E-state index is 0.0624. The molecule has 2 heterocycles. The lowest BCUT2D eigenvalue weighted by molar-refractivity contribution is -0.131. The Morgan fingerprint density at radius 1 is 1.21 bits per heavy atom. The summed E-state index contributed by atoms with van der Waals surface area (Å²) in [6, 6.07) is 0. The van der Waals surface area contributed by atoms with E-state index in [1.165, 1.54) is 0 Å². The van der Waals surface area contributed by atoms with Crippen LogP contribution < -0.4 is 5.32 Å². The van der Waals surface area contributed by atoms with Crippen molar-refractivity contribution in [3.63, 3.8) is 0 Å². The maximum atomic E-state index is 11.3. The Bertz CT molecular complexity index is 384. The smallest absolute Gasteiger partial charge is 0.415 e. The van der Waals surface area contributed by atoms with Gasteiger partial charge in [0.25, 0.3) is 5.91 Å². The number of nitrogens with one attached hydrogen (secondary N) is 1.